The SMILES string of the molecule is c1ccc(-c2nc(-c3ccccc3)nc(-c3cccc4c5c6sc7ccc(-n8c9ccccc9c9cccc(-c%10ccccc%10)c98)cc7c6ccc5n(-c5ccccc5)c34)n2)cc1. The van der Waals surface area contributed by atoms with E-state index in [4.69, 9.17) is 15.0 Å². The smallest absolute Gasteiger partial charge is 0.166 e. The van der Waals surface area contributed by atoms with Crippen molar-refractivity contribution in [2.45, 2.75) is 0 Å². The first kappa shape index (κ1) is 35.6. The fraction of sp³-hybridized carbons (Fsp3) is 0. The summed E-state index contributed by atoms with van der Waals surface area (Å²) in [5.74, 6) is 1.91. The van der Waals surface area contributed by atoms with Gasteiger partial charge in [0.25, 0.3) is 0 Å². The zero-order valence-electron chi connectivity index (χ0n) is 33.9. The fourth-order valence-corrected chi connectivity index (χ4v) is 10.8. The molecule has 0 saturated heterocycles. The molecule has 6 heteroatoms. The largest absolute Gasteiger partial charge is 0.309 e. The van der Waals surface area contributed by atoms with Gasteiger partial charge in [-0.15, -0.1) is 11.3 Å². The van der Waals surface area contributed by atoms with Crippen molar-refractivity contribution in [2.75, 3.05) is 0 Å². The summed E-state index contributed by atoms with van der Waals surface area (Å²) in [7, 11) is 0. The Morgan fingerprint density at radius 3 is 1.60 bits per heavy atom. The molecule has 9 aromatic carbocycles. The lowest BCUT2D eigenvalue weighted by molar-refractivity contribution is 1.07. The number of fused-ring (bicyclic) bond motifs is 10. The van der Waals surface area contributed by atoms with E-state index in [1.807, 2.05) is 47.7 Å². The summed E-state index contributed by atoms with van der Waals surface area (Å²) in [6, 6.07) is 75.5. The lowest BCUT2D eigenvalue weighted by Gasteiger charge is -2.12. The predicted molar refractivity (Wildman–Crippen MR) is 263 cm³/mol. The van der Waals surface area contributed by atoms with Gasteiger partial charge < -0.3 is 9.13 Å². The maximum absolute atomic E-state index is 5.22. The summed E-state index contributed by atoms with van der Waals surface area (Å²) in [4.78, 5) is 15.5. The number of hydrogen-bond donors (Lipinski definition) is 0. The monoisotopic (exact) mass is 821 g/mol. The molecule has 63 heavy (non-hydrogen) atoms. The summed E-state index contributed by atoms with van der Waals surface area (Å²) in [5, 5.41) is 7.35. The summed E-state index contributed by atoms with van der Waals surface area (Å²) >= 11 is 1.87. The summed E-state index contributed by atoms with van der Waals surface area (Å²) in [6.07, 6.45) is 0. The van der Waals surface area contributed by atoms with Crippen molar-refractivity contribution in [1.82, 2.24) is 24.1 Å². The molecule has 13 rings (SSSR count). The third-order valence-electron chi connectivity index (χ3n) is 12.4. The maximum atomic E-state index is 5.22. The Morgan fingerprint density at radius 2 is 0.889 bits per heavy atom. The van der Waals surface area contributed by atoms with Crippen molar-refractivity contribution in [1.29, 1.82) is 0 Å². The van der Waals surface area contributed by atoms with E-state index in [1.54, 1.807) is 0 Å². The topological polar surface area (TPSA) is 48.5 Å². The molecule has 0 fully saturated rings. The number of aromatic nitrogens is 5. The zero-order chi connectivity index (χ0) is 41.4. The van der Waals surface area contributed by atoms with Crippen LogP contribution < -0.4 is 0 Å². The second kappa shape index (κ2) is 14.2. The van der Waals surface area contributed by atoms with Gasteiger partial charge in [-0.1, -0.05) is 164 Å². The van der Waals surface area contributed by atoms with Gasteiger partial charge in [0, 0.05) is 75.3 Å². The van der Waals surface area contributed by atoms with E-state index in [9.17, 15) is 0 Å². The van der Waals surface area contributed by atoms with Gasteiger partial charge in [-0.2, -0.15) is 0 Å². The van der Waals surface area contributed by atoms with Crippen LogP contribution in [0.4, 0.5) is 0 Å². The molecule has 0 spiro atoms. The van der Waals surface area contributed by atoms with Gasteiger partial charge in [-0.05, 0) is 54.1 Å². The Kier molecular flexibility index (Phi) is 8.01. The normalized spacial score (nSPS) is 11.8. The number of para-hydroxylation sites is 4. The molecule has 294 valence electrons. The van der Waals surface area contributed by atoms with Gasteiger partial charge in [-0.25, -0.2) is 15.0 Å². The lowest BCUT2D eigenvalue weighted by Crippen LogP contribution is -2.02. The van der Waals surface area contributed by atoms with Crippen molar-refractivity contribution in [3.63, 3.8) is 0 Å². The third-order valence-corrected chi connectivity index (χ3v) is 13.6. The molecule has 4 heterocycles. The van der Waals surface area contributed by atoms with Crippen molar-refractivity contribution < 1.29 is 0 Å². The Hall–Kier alpha value is -8.19. The van der Waals surface area contributed by atoms with Gasteiger partial charge in [-0.3, -0.25) is 0 Å². The van der Waals surface area contributed by atoms with Crippen LogP contribution in [0.3, 0.4) is 0 Å². The molecule has 13 aromatic rings. The second-order valence-corrected chi connectivity index (χ2v) is 17.0. The van der Waals surface area contributed by atoms with Crippen LogP contribution in [0, 0.1) is 0 Å². The molecule has 0 aliphatic rings. The van der Waals surface area contributed by atoms with Crippen LogP contribution in [-0.2, 0) is 0 Å². The van der Waals surface area contributed by atoms with E-state index in [1.165, 1.54) is 58.5 Å². The van der Waals surface area contributed by atoms with Crippen LogP contribution >= 0.6 is 11.3 Å². The second-order valence-electron chi connectivity index (χ2n) is 16.0. The number of hydrogen-bond acceptors (Lipinski definition) is 4. The quantitative estimate of drug-likeness (QED) is 0.168. The fourth-order valence-electron chi connectivity index (χ4n) is 9.60. The molecule has 4 aromatic heterocycles. The Bertz CT molecular complexity index is 3830. The van der Waals surface area contributed by atoms with E-state index < -0.39 is 0 Å². The van der Waals surface area contributed by atoms with Gasteiger partial charge in [0.15, 0.2) is 17.5 Å². The summed E-state index contributed by atoms with van der Waals surface area (Å²) in [5.41, 5.74) is 12.1. The van der Waals surface area contributed by atoms with E-state index in [2.05, 4.69) is 185 Å². The molecule has 0 aliphatic heterocycles. The lowest BCUT2D eigenvalue weighted by atomic mass is 10.0. The minimum atomic E-state index is 0.631. The summed E-state index contributed by atoms with van der Waals surface area (Å²) in [6.45, 7) is 0. The first-order chi connectivity index (χ1) is 31.3. The maximum Gasteiger partial charge on any atom is 0.166 e. The summed E-state index contributed by atoms with van der Waals surface area (Å²) < 4.78 is 7.37. The van der Waals surface area contributed by atoms with E-state index in [0.717, 1.165) is 44.5 Å². The van der Waals surface area contributed by atoms with Crippen molar-refractivity contribution in [2.24, 2.45) is 0 Å². The molecular weight excluding hydrogens is 787 g/mol. The van der Waals surface area contributed by atoms with E-state index in [-0.39, 0.29) is 0 Å². The predicted octanol–water partition coefficient (Wildman–Crippen LogP) is 15.1. The molecule has 0 aliphatic carbocycles. The first-order valence-electron chi connectivity index (χ1n) is 21.2. The van der Waals surface area contributed by atoms with Crippen LogP contribution in [0.2, 0.25) is 0 Å². The van der Waals surface area contributed by atoms with Crippen LogP contribution in [-0.4, -0.2) is 24.1 Å². The van der Waals surface area contributed by atoms with Crippen molar-refractivity contribution >= 4 is 75.1 Å². The number of nitrogens with zero attached hydrogens (tertiary/aromatic N) is 5. The molecule has 0 N–H and O–H groups in total. The molecular formula is C57H35N5S. The Labute approximate surface area is 366 Å². The highest BCUT2D eigenvalue weighted by molar-refractivity contribution is 7.26. The highest BCUT2D eigenvalue weighted by Crippen LogP contribution is 2.46. The molecule has 0 radical (unpaired) electrons. The highest BCUT2D eigenvalue weighted by Gasteiger charge is 2.23. The standard InChI is InChI=1S/C57H35N5S/c1-5-17-36(18-6-1)41-26-15-27-43-42-25-13-14-30-48(42)62(52(41)43)40-31-34-50-47(35-40)44-32-33-49-51(54(44)63-50)45-28-16-29-46(53(45)61(49)39-23-11-4-12-24-39)57-59-55(37-19-7-2-8-20-37)58-56(60-57)38-21-9-3-10-22-38/h1-35H. The zero-order valence-corrected chi connectivity index (χ0v) is 34.7. The molecule has 0 bridgehead atoms. The third kappa shape index (κ3) is 5.59. The molecule has 0 saturated carbocycles. The van der Waals surface area contributed by atoms with Gasteiger partial charge in [0.1, 0.15) is 0 Å². The van der Waals surface area contributed by atoms with Crippen molar-refractivity contribution in [3.8, 4) is 56.7 Å². The molecule has 5 nitrogen and oxygen atoms in total. The number of rotatable bonds is 6. The number of benzene rings is 9. The van der Waals surface area contributed by atoms with E-state index >= 15 is 0 Å². The Morgan fingerprint density at radius 1 is 0.333 bits per heavy atom. The Balaban J connectivity index is 1.08. The minimum Gasteiger partial charge on any atom is -0.309 e. The molecule has 0 unspecified atom stereocenters. The molecule has 0 amide bonds. The van der Waals surface area contributed by atoms with Gasteiger partial charge in [0.2, 0.25) is 0 Å². The first-order valence-corrected chi connectivity index (χ1v) is 22.0. The minimum absolute atomic E-state index is 0.631. The number of thiophene rings is 1. The van der Waals surface area contributed by atoms with Crippen LogP contribution in [0.5, 0.6) is 0 Å². The van der Waals surface area contributed by atoms with Crippen LogP contribution in [0.1, 0.15) is 0 Å². The highest BCUT2D eigenvalue weighted by atomic mass is 32.1. The van der Waals surface area contributed by atoms with E-state index in [0.29, 0.717) is 17.5 Å². The molecule has 0 atom stereocenters. The van der Waals surface area contributed by atoms with Gasteiger partial charge in [0.05, 0.1) is 22.1 Å². The average Bonchev–Trinajstić information content (AvgIpc) is 4.02. The van der Waals surface area contributed by atoms with Crippen molar-refractivity contribution in [3.05, 3.63) is 212 Å². The van der Waals surface area contributed by atoms with Gasteiger partial charge >= 0.3 is 0 Å². The van der Waals surface area contributed by atoms with Crippen LogP contribution in [0.15, 0.2) is 212 Å². The van der Waals surface area contributed by atoms with Crippen LogP contribution in [0.25, 0.3) is 120 Å². The average molecular weight is 822 g/mol.